The van der Waals surface area contributed by atoms with Crippen molar-refractivity contribution in [2.45, 2.75) is 26.3 Å². The number of aliphatic imine (C=N–C) groups is 1. The first-order valence-corrected chi connectivity index (χ1v) is 7.18. The molecular formula is C15H18N6O3. The number of nitrogens with one attached hydrogen (secondary N) is 1. The van der Waals surface area contributed by atoms with E-state index in [2.05, 4.69) is 20.4 Å². The Morgan fingerprint density at radius 2 is 2.42 bits per heavy atom. The number of nitriles is 1. The summed E-state index contributed by atoms with van der Waals surface area (Å²) in [6.07, 6.45) is 6.78. The number of rotatable bonds is 7. The van der Waals surface area contributed by atoms with Gasteiger partial charge < -0.3 is 5.21 Å². The molecule has 0 saturated heterocycles. The monoisotopic (exact) mass is 330 g/mol. The fourth-order valence-electron chi connectivity index (χ4n) is 1.89. The van der Waals surface area contributed by atoms with Crippen molar-refractivity contribution in [3.8, 4) is 6.19 Å². The van der Waals surface area contributed by atoms with E-state index in [-0.39, 0.29) is 18.1 Å². The zero-order valence-electron chi connectivity index (χ0n) is 13.4. The summed E-state index contributed by atoms with van der Waals surface area (Å²) in [5, 5.41) is 34.4. The molecule has 0 radical (unpaired) electrons. The van der Waals surface area contributed by atoms with Gasteiger partial charge in [0.1, 0.15) is 11.5 Å². The van der Waals surface area contributed by atoms with Crippen molar-refractivity contribution in [1.82, 2.24) is 10.3 Å². The van der Waals surface area contributed by atoms with Gasteiger partial charge in [-0.2, -0.15) is 5.26 Å². The first-order valence-electron chi connectivity index (χ1n) is 7.18. The number of pyridine rings is 1. The zero-order chi connectivity index (χ0) is 17.9. The highest BCUT2D eigenvalue weighted by Crippen LogP contribution is 2.10. The summed E-state index contributed by atoms with van der Waals surface area (Å²) in [6.45, 7) is 3.19. The molecule has 0 aromatic carbocycles. The molecule has 0 fully saturated rings. The van der Waals surface area contributed by atoms with E-state index in [1.807, 2.05) is 0 Å². The van der Waals surface area contributed by atoms with E-state index in [0.717, 1.165) is 0 Å². The topological polar surface area (TPSA) is 137 Å². The SMILES string of the molecule is CC/C(=C\C(C/N=C(\NC#N)c1cccnc1)=N/O)C(C)[N+](=O)[O-]. The van der Waals surface area contributed by atoms with Gasteiger partial charge in [0, 0.05) is 35.4 Å². The molecule has 1 aromatic rings. The van der Waals surface area contributed by atoms with Crippen molar-refractivity contribution in [3.05, 3.63) is 51.9 Å². The van der Waals surface area contributed by atoms with Gasteiger partial charge in [-0.25, -0.2) is 0 Å². The third-order valence-electron chi connectivity index (χ3n) is 3.25. The molecule has 0 saturated carbocycles. The average molecular weight is 330 g/mol. The van der Waals surface area contributed by atoms with Gasteiger partial charge in [-0.1, -0.05) is 12.1 Å². The van der Waals surface area contributed by atoms with E-state index < -0.39 is 11.0 Å². The molecule has 0 bridgehead atoms. The van der Waals surface area contributed by atoms with Crippen LogP contribution in [0.2, 0.25) is 0 Å². The summed E-state index contributed by atoms with van der Waals surface area (Å²) in [4.78, 5) is 18.6. The van der Waals surface area contributed by atoms with Crippen LogP contribution in [0, 0.1) is 21.6 Å². The molecule has 0 spiro atoms. The van der Waals surface area contributed by atoms with Crippen LogP contribution in [-0.4, -0.2) is 39.2 Å². The van der Waals surface area contributed by atoms with Crippen molar-refractivity contribution in [1.29, 1.82) is 5.26 Å². The van der Waals surface area contributed by atoms with Crippen LogP contribution in [0.25, 0.3) is 0 Å². The zero-order valence-corrected chi connectivity index (χ0v) is 13.4. The van der Waals surface area contributed by atoms with Crippen molar-refractivity contribution in [2.24, 2.45) is 10.1 Å². The van der Waals surface area contributed by atoms with Crippen LogP contribution in [0.15, 0.2) is 46.3 Å². The third-order valence-corrected chi connectivity index (χ3v) is 3.25. The minimum atomic E-state index is -0.884. The van der Waals surface area contributed by atoms with Gasteiger partial charge in [-0.15, -0.1) is 0 Å². The van der Waals surface area contributed by atoms with Gasteiger partial charge in [0.15, 0.2) is 6.19 Å². The molecular weight excluding hydrogens is 312 g/mol. The highest BCUT2D eigenvalue weighted by Gasteiger charge is 2.18. The Morgan fingerprint density at radius 1 is 1.67 bits per heavy atom. The van der Waals surface area contributed by atoms with Crippen LogP contribution in [0.4, 0.5) is 0 Å². The summed E-state index contributed by atoms with van der Waals surface area (Å²) in [6, 6.07) is 2.53. The fourth-order valence-corrected chi connectivity index (χ4v) is 1.89. The molecule has 9 heteroatoms. The Bertz CT molecular complexity index is 691. The van der Waals surface area contributed by atoms with Gasteiger partial charge in [0.2, 0.25) is 6.04 Å². The number of amidine groups is 1. The number of hydrogen-bond acceptors (Lipinski definition) is 7. The normalized spacial score (nSPS) is 14.0. The number of nitrogens with zero attached hydrogens (tertiary/aromatic N) is 5. The summed E-state index contributed by atoms with van der Waals surface area (Å²) < 4.78 is 0. The molecule has 1 atom stereocenters. The average Bonchev–Trinajstić information content (AvgIpc) is 2.61. The molecule has 0 amide bonds. The quantitative estimate of drug-likeness (QED) is 0.148. The van der Waals surface area contributed by atoms with Gasteiger partial charge in [-0.3, -0.25) is 25.4 Å². The number of aromatic nitrogens is 1. The second-order valence-corrected chi connectivity index (χ2v) is 4.77. The molecule has 1 aromatic heterocycles. The van der Waals surface area contributed by atoms with Gasteiger partial charge in [0.25, 0.3) is 0 Å². The predicted octanol–water partition coefficient (Wildman–Crippen LogP) is 1.73. The lowest BCUT2D eigenvalue weighted by Gasteiger charge is -2.08. The largest absolute Gasteiger partial charge is 0.411 e. The van der Waals surface area contributed by atoms with E-state index in [1.165, 1.54) is 19.2 Å². The fraction of sp³-hybridized carbons (Fsp3) is 0.333. The molecule has 0 aliphatic heterocycles. The van der Waals surface area contributed by atoms with Crippen molar-refractivity contribution in [2.75, 3.05) is 6.54 Å². The maximum atomic E-state index is 10.9. The minimum absolute atomic E-state index is 0.0522. The summed E-state index contributed by atoms with van der Waals surface area (Å²) >= 11 is 0. The molecule has 24 heavy (non-hydrogen) atoms. The van der Waals surface area contributed by atoms with Crippen LogP contribution < -0.4 is 5.32 Å². The second-order valence-electron chi connectivity index (χ2n) is 4.77. The molecule has 1 heterocycles. The second kappa shape index (κ2) is 9.68. The van der Waals surface area contributed by atoms with Crippen molar-refractivity contribution in [3.63, 3.8) is 0 Å². The molecule has 126 valence electrons. The molecule has 2 N–H and O–H groups in total. The van der Waals surface area contributed by atoms with Crippen molar-refractivity contribution >= 4 is 11.5 Å². The summed E-state index contributed by atoms with van der Waals surface area (Å²) in [5.41, 5.74) is 1.26. The Kier molecular flexibility index (Phi) is 7.57. The predicted molar refractivity (Wildman–Crippen MR) is 88.4 cm³/mol. The van der Waals surface area contributed by atoms with Crippen molar-refractivity contribution < 1.29 is 10.1 Å². The third kappa shape index (κ3) is 5.49. The number of hydrogen-bond donors (Lipinski definition) is 2. The minimum Gasteiger partial charge on any atom is -0.411 e. The standard InChI is InChI=1S/C15H18N6O3/c1-3-12(11(2)21(23)24)7-14(20-22)9-18-15(19-10-16)13-5-4-6-17-8-13/h4-8,11,22H,3,9H2,1-2H3,(H,18,19)/b12-7+,20-14+. The van der Waals surface area contributed by atoms with E-state index in [0.29, 0.717) is 17.6 Å². The number of oxime groups is 1. The van der Waals surface area contributed by atoms with Crippen LogP contribution in [0.3, 0.4) is 0 Å². The molecule has 0 aliphatic rings. The van der Waals surface area contributed by atoms with Gasteiger partial charge in [0.05, 0.1) is 6.54 Å². The molecule has 1 unspecified atom stereocenters. The van der Waals surface area contributed by atoms with E-state index in [1.54, 1.807) is 31.4 Å². The summed E-state index contributed by atoms with van der Waals surface area (Å²) in [5.74, 6) is 0.264. The Balaban J connectivity index is 3.02. The van der Waals surface area contributed by atoms with E-state index in [9.17, 15) is 10.1 Å². The first-order chi connectivity index (χ1) is 11.5. The van der Waals surface area contributed by atoms with Gasteiger partial charge >= 0.3 is 0 Å². The lowest BCUT2D eigenvalue weighted by atomic mass is 10.0. The smallest absolute Gasteiger partial charge is 0.231 e. The maximum absolute atomic E-state index is 10.9. The highest BCUT2D eigenvalue weighted by molar-refractivity contribution is 6.03. The maximum Gasteiger partial charge on any atom is 0.231 e. The molecule has 9 nitrogen and oxygen atoms in total. The van der Waals surface area contributed by atoms with Crippen LogP contribution in [-0.2, 0) is 0 Å². The lowest BCUT2D eigenvalue weighted by molar-refractivity contribution is -0.507. The summed E-state index contributed by atoms with van der Waals surface area (Å²) in [7, 11) is 0. The lowest BCUT2D eigenvalue weighted by Crippen LogP contribution is -2.21. The first kappa shape index (κ1) is 18.8. The van der Waals surface area contributed by atoms with Crippen LogP contribution in [0.1, 0.15) is 25.8 Å². The molecule has 0 aliphatic carbocycles. The highest BCUT2D eigenvalue weighted by atomic mass is 16.6. The van der Waals surface area contributed by atoms with E-state index >= 15 is 0 Å². The Hall–Kier alpha value is -3.28. The van der Waals surface area contributed by atoms with Gasteiger partial charge in [-0.05, 0) is 24.6 Å². The number of nitro groups is 1. The van der Waals surface area contributed by atoms with Crippen LogP contribution in [0.5, 0.6) is 0 Å². The van der Waals surface area contributed by atoms with E-state index in [4.69, 9.17) is 10.5 Å². The Morgan fingerprint density at radius 3 is 2.92 bits per heavy atom. The van der Waals surface area contributed by atoms with Crippen LogP contribution >= 0.6 is 0 Å². The Labute approximate surface area is 139 Å². The molecule has 1 rings (SSSR count).